The van der Waals surface area contributed by atoms with E-state index in [1.165, 1.54) is 19.3 Å². The normalized spacial score (nSPS) is 17.8. The lowest BCUT2D eigenvalue weighted by atomic mass is 9.92. The SMILES string of the molecule is Cc1nc2c3c(ccc(C)c3n1)C(N1CCCCC1)=CC2=O. The fraction of sp³-hybridized carbons (Fsp3) is 0.389. The number of carbonyl (C=O) groups excluding carboxylic acids is 1. The van der Waals surface area contributed by atoms with Crippen LogP contribution in [0.25, 0.3) is 16.6 Å². The minimum atomic E-state index is 0.00849. The van der Waals surface area contributed by atoms with Crippen LogP contribution in [-0.4, -0.2) is 33.7 Å². The summed E-state index contributed by atoms with van der Waals surface area (Å²) in [5, 5.41) is 0.929. The highest BCUT2D eigenvalue weighted by molar-refractivity contribution is 6.20. The lowest BCUT2D eigenvalue weighted by Gasteiger charge is -2.33. The first-order chi connectivity index (χ1) is 10.6. The highest BCUT2D eigenvalue weighted by atomic mass is 16.1. The van der Waals surface area contributed by atoms with Crippen LogP contribution in [0.1, 0.15) is 46.7 Å². The lowest BCUT2D eigenvalue weighted by Crippen LogP contribution is -2.30. The van der Waals surface area contributed by atoms with Gasteiger partial charge in [-0.1, -0.05) is 12.1 Å². The first kappa shape index (κ1) is 13.4. The van der Waals surface area contributed by atoms with Crippen molar-refractivity contribution >= 4 is 22.4 Å². The van der Waals surface area contributed by atoms with Gasteiger partial charge in [-0.25, -0.2) is 9.97 Å². The predicted octanol–water partition coefficient (Wildman–Crippen LogP) is 3.27. The second-order valence-electron chi connectivity index (χ2n) is 6.21. The molecule has 0 N–H and O–H groups in total. The van der Waals surface area contributed by atoms with E-state index in [0.717, 1.165) is 40.8 Å². The van der Waals surface area contributed by atoms with Crippen molar-refractivity contribution in [1.82, 2.24) is 14.9 Å². The van der Waals surface area contributed by atoms with E-state index in [1.54, 1.807) is 6.08 Å². The van der Waals surface area contributed by atoms with Crippen molar-refractivity contribution in [3.63, 3.8) is 0 Å². The van der Waals surface area contributed by atoms with E-state index in [1.807, 2.05) is 13.8 Å². The molecule has 4 nitrogen and oxygen atoms in total. The van der Waals surface area contributed by atoms with Gasteiger partial charge in [0.25, 0.3) is 0 Å². The van der Waals surface area contributed by atoms with Crippen LogP contribution in [0.5, 0.6) is 0 Å². The molecule has 0 unspecified atom stereocenters. The molecule has 0 saturated carbocycles. The number of benzene rings is 1. The molecule has 0 atom stereocenters. The lowest BCUT2D eigenvalue weighted by molar-refractivity contribution is 0.104. The number of allylic oxidation sites excluding steroid dienone is 1. The van der Waals surface area contributed by atoms with Crippen LogP contribution in [0.15, 0.2) is 18.2 Å². The van der Waals surface area contributed by atoms with Crippen molar-refractivity contribution in [3.8, 4) is 0 Å². The maximum absolute atomic E-state index is 12.6. The molecule has 1 aliphatic heterocycles. The van der Waals surface area contributed by atoms with Gasteiger partial charge in [-0.2, -0.15) is 0 Å². The van der Waals surface area contributed by atoms with Crippen molar-refractivity contribution in [2.75, 3.05) is 13.1 Å². The zero-order chi connectivity index (χ0) is 15.3. The van der Waals surface area contributed by atoms with Gasteiger partial charge >= 0.3 is 0 Å². The Balaban J connectivity index is 1.97. The van der Waals surface area contributed by atoms with Gasteiger partial charge in [-0.05, 0) is 38.7 Å². The third-order valence-corrected chi connectivity index (χ3v) is 4.64. The van der Waals surface area contributed by atoms with Crippen molar-refractivity contribution < 1.29 is 4.79 Å². The Kier molecular flexibility index (Phi) is 2.99. The van der Waals surface area contributed by atoms with Gasteiger partial charge in [-0.15, -0.1) is 0 Å². The van der Waals surface area contributed by atoms with Crippen LogP contribution in [0.4, 0.5) is 0 Å². The van der Waals surface area contributed by atoms with Crippen molar-refractivity contribution in [3.05, 3.63) is 40.9 Å². The Morgan fingerprint density at radius 1 is 1.05 bits per heavy atom. The molecular weight excluding hydrogens is 274 g/mol. The molecule has 0 bridgehead atoms. The number of rotatable bonds is 1. The zero-order valence-corrected chi connectivity index (χ0v) is 13.0. The van der Waals surface area contributed by atoms with E-state index in [9.17, 15) is 4.79 Å². The fourth-order valence-electron chi connectivity index (χ4n) is 3.54. The molecule has 22 heavy (non-hydrogen) atoms. The Labute approximate surface area is 129 Å². The van der Waals surface area contributed by atoms with E-state index >= 15 is 0 Å². The van der Waals surface area contributed by atoms with Crippen molar-refractivity contribution in [1.29, 1.82) is 0 Å². The Bertz CT molecular complexity index is 817. The van der Waals surface area contributed by atoms with Crippen LogP contribution in [0, 0.1) is 13.8 Å². The number of aryl methyl sites for hydroxylation is 2. The largest absolute Gasteiger partial charge is 0.371 e. The standard InChI is InChI=1S/C18H19N3O/c1-11-6-7-13-14(21-8-4-3-5-9-21)10-15(22)18-16(13)17(11)19-12(2)20-18/h6-7,10H,3-5,8-9H2,1-2H3. The summed E-state index contributed by atoms with van der Waals surface area (Å²) >= 11 is 0. The highest BCUT2D eigenvalue weighted by Crippen LogP contribution is 2.35. The number of ketones is 1. The summed E-state index contributed by atoms with van der Waals surface area (Å²) in [6.45, 7) is 5.94. The second-order valence-corrected chi connectivity index (χ2v) is 6.21. The molecule has 2 aliphatic rings. The molecule has 1 fully saturated rings. The maximum Gasteiger partial charge on any atom is 0.207 e. The van der Waals surface area contributed by atoms with Crippen molar-refractivity contribution in [2.24, 2.45) is 0 Å². The summed E-state index contributed by atoms with van der Waals surface area (Å²) in [5.41, 5.74) is 4.72. The Hall–Kier alpha value is -2.23. The Morgan fingerprint density at radius 3 is 2.59 bits per heavy atom. The minimum Gasteiger partial charge on any atom is -0.371 e. The Morgan fingerprint density at radius 2 is 1.82 bits per heavy atom. The summed E-state index contributed by atoms with van der Waals surface area (Å²) < 4.78 is 0. The topological polar surface area (TPSA) is 46.1 Å². The molecule has 2 heterocycles. The maximum atomic E-state index is 12.6. The molecule has 0 amide bonds. The molecule has 4 heteroatoms. The molecule has 4 rings (SSSR count). The molecule has 1 aliphatic carbocycles. The monoisotopic (exact) mass is 293 g/mol. The summed E-state index contributed by atoms with van der Waals surface area (Å²) in [6.07, 6.45) is 5.43. The molecule has 0 spiro atoms. The van der Waals surface area contributed by atoms with E-state index in [2.05, 4.69) is 27.0 Å². The number of piperidine rings is 1. The number of hydrogen-bond donors (Lipinski definition) is 0. The summed E-state index contributed by atoms with van der Waals surface area (Å²) in [5.74, 6) is 0.667. The molecule has 0 radical (unpaired) electrons. The van der Waals surface area contributed by atoms with Gasteiger partial charge in [0.2, 0.25) is 5.78 Å². The van der Waals surface area contributed by atoms with Gasteiger partial charge in [-0.3, -0.25) is 4.79 Å². The van der Waals surface area contributed by atoms with Crippen molar-refractivity contribution in [2.45, 2.75) is 33.1 Å². The van der Waals surface area contributed by atoms with Gasteiger partial charge in [0.15, 0.2) is 0 Å². The molecule has 1 aromatic heterocycles. The molecule has 1 aromatic carbocycles. The van der Waals surface area contributed by atoms with Gasteiger partial charge < -0.3 is 4.90 Å². The fourth-order valence-corrected chi connectivity index (χ4v) is 3.54. The van der Waals surface area contributed by atoms with E-state index in [4.69, 9.17) is 0 Å². The van der Waals surface area contributed by atoms with Crippen LogP contribution in [-0.2, 0) is 0 Å². The summed E-state index contributed by atoms with van der Waals surface area (Å²) in [7, 11) is 0. The first-order valence-electron chi connectivity index (χ1n) is 7.94. The third kappa shape index (κ3) is 1.94. The van der Waals surface area contributed by atoms with E-state index in [-0.39, 0.29) is 5.78 Å². The second kappa shape index (κ2) is 4.90. The molecular formula is C18H19N3O. The smallest absolute Gasteiger partial charge is 0.207 e. The number of likely N-dealkylation sites (tertiary alicyclic amines) is 1. The summed E-state index contributed by atoms with van der Waals surface area (Å²) in [4.78, 5) is 23.9. The predicted molar refractivity (Wildman–Crippen MR) is 86.7 cm³/mol. The van der Waals surface area contributed by atoms with Gasteiger partial charge in [0.05, 0.1) is 5.52 Å². The zero-order valence-electron chi connectivity index (χ0n) is 13.0. The van der Waals surface area contributed by atoms with Crippen LogP contribution >= 0.6 is 0 Å². The first-order valence-corrected chi connectivity index (χ1v) is 7.94. The van der Waals surface area contributed by atoms with E-state index in [0.29, 0.717) is 11.5 Å². The molecule has 2 aromatic rings. The average molecular weight is 293 g/mol. The average Bonchev–Trinajstić information content (AvgIpc) is 2.53. The number of aromatic nitrogens is 2. The minimum absolute atomic E-state index is 0.00849. The van der Waals surface area contributed by atoms with Gasteiger partial charge in [0, 0.05) is 35.8 Å². The van der Waals surface area contributed by atoms with Crippen LogP contribution < -0.4 is 0 Å². The molecule has 1 saturated heterocycles. The third-order valence-electron chi connectivity index (χ3n) is 4.64. The van der Waals surface area contributed by atoms with Gasteiger partial charge in [0.1, 0.15) is 11.5 Å². The van der Waals surface area contributed by atoms with E-state index < -0.39 is 0 Å². The van der Waals surface area contributed by atoms with Crippen LogP contribution in [0.2, 0.25) is 0 Å². The summed E-state index contributed by atoms with van der Waals surface area (Å²) in [6, 6.07) is 4.22. The number of hydrogen-bond acceptors (Lipinski definition) is 4. The number of nitrogens with zero attached hydrogens (tertiary/aromatic N) is 3. The van der Waals surface area contributed by atoms with Crippen LogP contribution in [0.3, 0.4) is 0 Å². The highest BCUT2D eigenvalue weighted by Gasteiger charge is 2.27. The quantitative estimate of drug-likeness (QED) is 0.809. The number of carbonyl (C=O) groups is 1. The molecule has 112 valence electrons.